The summed E-state index contributed by atoms with van der Waals surface area (Å²) in [6.45, 7) is 1.67. The average Bonchev–Trinajstić information content (AvgIpc) is 3.08. The third kappa shape index (κ3) is 4.07. The Kier molecular flexibility index (Phi) is 5.55. The summed E-state index contributed by atoms with van der Waals surface area (Å²) in [7, 11) is 0. The molecule has 0 aromatic heterocycles. The summed E-state index contributed by atoms with van der Waals surface area (Å²) in [5, 5.41) is 12.6. The van der Waals surface area contributed by atoms with E-state index in [-0.39, 0.29) is 24.9 Å². The summed E-state index contributed by atoms with van der Waals surface area (Å²) in [4.78, 5) is 12.5. The smallest absolute Gasteiger partial charge is 0.407 e. The lowest BCUT2D eigenvalue weighted by Gasteiger charge is -2.28. The Hall–Kier alpha value is -3.18. The van der Waals surface area contributed by atoms with Crippen LogP contribution in [-0.2, 0) is 11.2 Å². The van der Waals surface area contributed by atoms with Crippen LogP contribution in [0.2, 0.25) is 0 Å². The summed E-state index contributed by atoms with van der Waals surface area (Å²) >= 11 is 0. The van der Waals surface area contributed by atoms with E-state index in [2.05, 4.69) is 29.6 Å². The molecule has 5 heteroatoms. The largest absolute Gasteiger partial charge is 0.449 e. The molecule has 1 unspecified atom stereocenters. The Morgan fingerprint density at radius 2 is 1.57 bits per heavy atom. The molecule has 1 aliphatic carbocycles. The molecule has 0 saturated heterocycles. The summed E-state index contributed by atoms with van der Waals surface area (Å²) < 4.78 is 18.7. The van der Waals surface area contributed by atoms with Gasteiger partial charge in [-0.3, -0.25) is 0 Å². The maximum Gasteiger partial charge on any atom is 0.407 e. The first kappa shape index (κ1) is 20.1. The Morgan fingerprint density at radius 1 is 1.00 bits per heavy atom. The number of aliphatic hydroxyl groups is 1. The molecule has 0 saturated carbocycles. The second-order valence-electron chi connectivity index (χ2n) is 7.97. The van der Waals surface area contributed by atoms with Crippen LogP contribution in [0.15, 0.2) is 72.8 Å². The van der Waals surface area contributed by atoms with E-state index >= 15 is 0 Å². The first-order chi connectivity index (χ1) is 14.5. The van der Waals surface area contributed by atoms with Crippen LogP contribution in [0.4, 0.5) is 9.18 Å². The normalized spacial score (nSPS) is 14.5. The van der Waals surface area contributed by atoms with Crippen molar-refractivity contribution in [2.45, 2.75) is 24.8 Å². The van der Waals surface area contributed by atoms with E-state index in [1.165, 1.54) is 23.3 Å². The van der Waals surface area contributed by atoms with Gasteiger partial charge >= 0.3 is 6.09 Å². The molecule has 4 nitrogen and oxygen atoms in total. The minimum Gasteiger partial charge on any atom is -0.449 e. The van der Waals surface area contributed by atoms with E-state index in [1.54, 1.807) is 19.1 Å². The number of alkyl carbamates (subject to hydrolysis) is 1. The average molecular weight is 405 g/mol. The number of benzene rings is 3. The Morgan fingerprint density at radius 3 is 2.13 bits per heavy atom. The standard InChI is InChI=1S/C25H24FNO3/c1-25(16-28,14-17-10-12-18(26)13-11-17)27-24(29)30-15-23-21-8-4-2-6-19(21)20-7-3-5-9-22(20)23/h2-13,23,28H,14-16H2,1H3,(H,27,29). The number of hydrogen-bond acceptors (Lipinski definition) is 3. The lowest BCUT2D eigenvalue weighted by Crippen LogP contribution is -2.51. The molecule has 0 aliphatic heterocycles. The third-order valence-corrected chi connectivity index (χ3v) is 5.60. The maximum absolute atomic E-state index is 13.1. The topological polar surface area (TPSA) is 58.6 Å². The van der Waals surface area contributed by atoms with Crippen LogP contribution in [0.5, 0.6) is 0 Å². The van der Waals surface area contributed by atoms with Crippen LogP contribution in [0.1, 0.15) is 29.5 Å². The molecule has 2 N–H and O–H groups in total. The van der Waals surface area contributed by atoms with E-state index in [1.807, 2.05) is 24.3 Å². The van der Waals surface area contributed by atoms with E-state index in [9.17, 15) is 14.3 Å². The fourth-order valence-corrected chi connectivity index (χ4v) is 4.07. The molecule has 1 aliphatic rings. The second kappa shape index (κ2) is 8.28. The number of fused-ring (bicyclic) bond motifs is 3. The first-order valence-corrected chi connectivity index (χ1v) is 9.97. The highest BCUT2D eigenvalue weighted by Crippen LogP contribution is 2.44. The fourth-order valence-electron chi connectivity index (χ4n) is 4.07. The highest BCUT2D eigenvalue weighted by Gasteiger charge is 2.31. The number of nitrogens with one attached hydrogen (secondary N) is 1. The summed E-state index contributed by atoms with van der Waals surface area (Å²) in [6.07, 6.45) is -0.232. The summed E-state index contributed by atoms with van der Waals surface area (Å²) in [5.41, 5.74) is 4.51. The molecule has 0 fully saturated rings. The molecule has 0 heterocycles. The molecule has 0 radical (unpaired) electrons. The van der Waals surface area contributed by atoms with Crippen LogP contribution in [0.25, 0.3) is 11.1 Å². The Labute approximate surface area is 175 Å². The van der Waals surface area contributed by atoms with Gasteiger partial charge in [0.2, 0.25) is 0 Å². The van der Waals surface area contributed by atoms with Crippen molar-refractivity contribution in [3.63, 3.8) is 0 Å². The molecule has 4 rings (SSSR count). The molecule has 1 amide bonds. The Bertz CT molecular complexity index is 1000. The molecule has 3 aromatic rings. The SMILES string of the molecule is CC(CO)(Cc1ccc(F)cc1)NC(=O)OCC1c2ccccc2-c2ccccc21. The van der Waals surface area contributed by atoms with Gasteiger partial charge in [-0.15, -0.1) is 0 Å². The van der Waals surface area contributed by atoms with Crippen LogP contribution < -0.4 is 5.32 Å². The fraction of sp³-hybridized carbons (Fsp3) is 0.240. The molecule has 3 aromatic carbocycles. The van der Waals surface area contributed by atoms with E-state index in [0.717, 1.165) is 16.7 Å². The van der Waals surface area contributed by atoms with Crippen molar-refractivity contribution in [1.82, 2.24) is 5.32 Å². The number of carbonyl (C=O) groups excluding carboxylic acids is 1. The van der Waals surface area contributed by atoms with Crippen LogP contribution in [-0.4, -0.2) is 30.0 Å². The van der Waals surface area contributed by atoms with Gasteiger partial charge in [-0.2, -0.15) is 0 Å². The van der Waals surface area contributed by atoms with E-state index < -0.39 is 11.6 Å². The zero-order chi connectivity index (χ0) is 21.1. The minimum atomic E-state index is -0.916. The summed E-state index contributed by atoms with van der Waals surface area (Å²) in [5.74, 6) is -0.352. The minimum absolute atomic E-state index is 0.0272. The zero-order valence-corrected chi connectivity index (χ0v) is 16.8. The zero-order valence-electron chi connectivity index (χ0n) is 16.8. The number of aliphatic hydroxyl groups excluding tert-OH is 1. The molecule has 0 spiro atoms. The Balaban J connectivity index is 1.43. The summed E-state index contributed by atoms with van der Waals surface area (Å²) in [6, 6.07) is 22.3. The quantitative estimate of drug-likeness (QED) is 0.627. The van der Waals surface area contributed by atoms with Crippen molar-refractivity contribution in [2.75, 3.05) is 13.2 Å². The van der Waals surface area contributed by atoms with Gasteiger partial charge in [0.05, 0.1) is 12.1 Å². The van der Waals surface area contributed by atoms with Crippen molar-refractivity contribution in [3.8, 4) is 11.1 Å². The number of ether oxygens (including phenoxy) is 1. The van der Waals surface area contributed by atoms with Gasteiger partial charge in [0.25, 0.3) is 0 Å². The second-order valence-corrected chi connectivity index (χ2v) is 7.97. The molecule has 30 heavy (non-hydrogen) atoms. The maximum atomic E-state index is 13.1. The van der Waals surface area contributed by atoms with Gasteiger partial charge in [0.15, 0.2) is 0 Å². The van der Waals surface area contributed by atoms with Crippen LogP contribution >= 0.6 is 0 Å². The van der Waals surface area contributed by atoms with Gasteiger partial charge in [-0.1, -0.05) is 60.7 Å². The first-order valence-electron chi connectivity index (χ1n) is 9.97. The van der Waals surface area contributed by atoms with Crippen molar-refractivity contribution in [1.29, 1.82) is 0 Å². The van der Waals surface area contributed by atoms with Crippen LogP contribution in [0.3, 0.4) is 0 Å². The molecular weight excluding hydrogens is 381 g/mol. The van der Waals surface area contributed by atoms with Gasteiger partial charge in [0.1, 0.15) is 12.4 Å². The van der Waals surface area contributed by atoms with Crippen molar-refractivity contribution < 1.29 is 19.0 Å². The number of hydrogen-bond donors (Lipinski definition) is 2. The van der Waals surface area contributed by atoms with Gasteiger partial charge in [0, 0.05) is 5.92 Å². The van der Waals surface area contributed by atoms with Crippen molar-refractivity contribution >= 4 is 6.09 Å². The van der Waals surface area contributed by atoms with E-state index in [4.69, 9.17) is 4.74 Å². The monoisotopic (exact) mass is 405 g/mol. The highest BCUT2D eigenvalue weighted by molar-refractivity contribution is 5.79. The molecular formula is C25H24FNO3. The number of carbonyl (C=O) groups is 1. The number of halogens is 1. The molecule has 0 bridgehead atoms. The predicted molar refractivity (Wildman–Crippen MR) is 114 cm³/mol. The lowest BCUT2D eigenvalue weighted by molar-refractivity contribution is 0.114. The van der Waals surface area contributed by atoms with Crippen molar-refractivity contribution in [2.24, 2.45) is 0 Å². The van der Waals surface area contributed by atoms with Gasteiger partial charge < -0.3 is 15.2 Å². The van der Waals surface area contributed by atoms with Gasteiger partial charge in [-0.25, -0.2) is 9.18 Å². The highest BCUT2D eigenvalue weighted by atomic mass is 19.1. The van der Waals surface area contributed by atoms with Gasteiger partial charge in [-0.05, 0) is 53.3 Å². The molecule has 154 valence electrons. The third-order valence-electron chi connectivity index (χ3n) is 5.60. The number of amides is 1. The predicted octanol–water partition coefficient (Wildman–Crippen LogP) is 4.66. The number of rotatable bonds is 6. The van der Waals surface area contributed by atoms with Crippen LogP contribution in [0, 0.1) is 5.82 Å². The van der Waals surface area contributed by atoms with Crippen molar-refractivity contribution in [3.05, 3.63) is 95.3 Å². The lowest BCUT2D eigenvalue weighted by atomic mass is 9.94. The van der Waals surface area contributed by atoms with E-state index in [0.29, 0.717) is 6.42 Å². The molecule has 1 atom stereocenters.